The monoisotopic (exact) mass is 368 g/mol. The van der Waals surface area contributed by atoms with Gasteiger partial charge in [-0.1, -0.05) is 32.9 Å². The predicted molar refractivity (Wildman–Crippen MR) is 105 cm³/mol. The fraction of sp³-hybridized carbons (Fsp3) is 0.650. The highest BCUT2D eigenvalue weighted by Gasteiger charge is 2.24. The van der Waals surface area contributed by atoms with E-state index in [9.17, 15) is 4.79 Å². The quantitative estimate of drug-likeness (QED) is 0.766. The lowest BCUT2D eigenvalue weighted by atomic mass is 9.84. The zero-order valence-electron chi connectivity index (χ0n) is 15.9. The first kappa shape index (κ1) is 21.8. The van der Waals surface area contributed by atoms with E-state index in [1.165, 1.54) is 12.8 Å². The summed E-state index contributed by atoms with van der Waals surface area (Å²) in [5.74, 6) is 2.45. The number of amides is 1. The summed E-state index contributed by atoms with van der Waals surface area (Å²) in [6.45, 7) is 8.67. The van der Waals surface area contributed by atoms with Gasteiger partial charge in [-0.3, -0.25) is 4.79 Å². The number of nitrogens with one attached hydrogen (secondary N) is 2. The summed E-state index contributed by atoms with van der Waals surface area (Å²) < 4.78 is 5.22. The average Bonchev–Trinajstić information content (AvgIpc) is 2.60. The van der Waals surface area contributed by atoms with E-state index in [2.05, 4.69) is 31.4 Å². The Bertz CT molecular complexity index is 513. The van der Waals surface area contributed by atoms with Crippen molar-refractivity contribution in [1.82, 2.24) is 10.6 Å². The minimum absolute atomic E-state index is 0. The predicted octanol–water partition coefficient (Wildman–Crippen LogP) is 3.96. The molecule has 0 bridgehead atoms. The molecule has 1 aromatic rings. The minimum Gasteiger partial charge on any atom is -0.497 e. The van der Waals surface area contributed by atoms with Crippen LogP contribution in [-0.4, -0.2) is 26.1 Å². The molecule has 1 fully saturated rings. The molecular weight excluding hydrogens is 336 g/mol. The molecule has 1 aliphatic rings. The van der Waals surface area contributed by atoms with E-state index in [1.807, 2.05) is 24.3 Å². The number of ether oxygens (including phenoxy) is 1. The summed E-state index contributed by atoms with van der Waals surface area (Å²) in [4.78, 5) is 12.6. The standard InChI is InChI=1S/C20H32N2O2.ClH/c1-14(2)20(17-5-7-18(24-4)8-6-17)22-19(23)13-15(3)16-9-11-21-12-10-16;/h5-8,14-16,20-21H,9-13H2,1-4H3,(H,22,23);1H. The summed E-state index contributed by atoms with van der Waals surface area (Å²) in [5.41, 5.74) is 1.13. The molecule has 5 heteroatoms. The minimum atomic E-state index is 0. The Labute approximate surface area is 158 Å². The Morgan fingerprint density at radius 1 is 1.20 bits per heavy atom. The lowest BCUT2D eigenvalue weighted by Gasteiger charge is -2.29. The molecule has 0 saturated carbocycles. The maximum absolute atomic E-state index is 12.6. The number of carbonyl (C=O) groups is 1. The second kappa shape index (κ2) is 10.7. The van der Waals surface area contributed by atoms with E-state index < -0.39 is 0 Å². The molecule has 1 saturated heterocycles. The highest BCUT2D eigenvalue weighted by molar-refractivity contribution is 5.85. The van der Waals surface area contributed by atoms with Crippen LogP contribution in [0.4, 0.5) is 0 Å². The molecule has 2 N–H and O–H groups in total. The fourth-order valence-corrected chi connectivity index (χ4v) is 3.55. The van der Waals surface area contributed by atoms with E-state index in [0.717, 1.165) is 24.4 Å². The lowest BCUT2D eigenvalue weighted by molar-refractivity contribution is -0.123. The topological polar surface area (TPSA) is 50.4 Å². The molecule has 2 atom stereocenters. The smallest absolute Gasteiger partial charge is 0.220 e. The lowest BCUT2D eigenvalue weighted by Crippen LogP contribution is -2.35. The van der Waals surface area contributed by atoms with Crippen molar-refractivity contribution in [3.8, 4) is 5.75 Å². The van der Waals surface area contributed by atoms with Gasteiger partial charge in [0.15, 0.2) is 0 Å². The summed E-state index contributed by atoms with van der Waals surface area (Å²) in [7, 11) is 1.67. The van der Waals surface area contributed by atoms with Gasteiger partial charge in [-0.05, 0) is 61.4 Å². The third-order valence-corrected chi connectivity index (χ3v) is 5.15. The van der Waals surface area contributed by atoms with Crippen molar-refractivity contribution in [3.63, 3.8) is 0 Å². The first-order valence-electron chi connectivity index (χ1n) is 9.15. The molecule has 0 spiro atoms. The SMILES string of the molecule is COc1ccc(C(NC(=O)CC(C)C2CCNCC2)C(C)C)cc1.Cl. The fourth-order valence-electron chi connectivity index (χ4n) is 3.55. The van der Waals surface area contributed by atoms with Gasteiger partial charge in [0.05, 0.1) is 13.2 Å². The third-order valence-electron chi connectivity index (χ3n) is 5.15. The molecule has 2 unspecified atom stereocenters. The Kier molecular flexibility index (Phi) is 9.30. The number of halogens is 1. The Morgan fingerprint density at radius 2 is 1.80 bits per heavy atom. The molecule has 1 aromatic carbocycles. The number of hydrogen-bond donors (Lipinski definition) is 2. The zero-order chi connectivity index (χ0) is 17.5. The molecule has 1 heterocycles. The van der Waals surface area contributed by atoms with Crippen molar-refractivity contribution in [2.24, 2.45) is 17.8 Å². The Hall–Kier alpha value is -1.26. The van der Waals surface area contributed by atoms with Gasteiger partial charge in [-0.15, -0.1) is 12.4 Å². The summed E-state index contributed by atoms with van der Waals surface area (Å²) >= 11 is 0. The van der Waals surface area contributed by atoms with Crippen LogP contribution in [0.3, 0.4) is 0 Å². The van der Waals surface area contributed by atoms with E-state index >= 15 is 0 Å². The second-order valence-electron chi connectivity index (χ2n) is 7.33. The first-order valence-corrected chi connectivity index (χ1v) is 9.15. The Balaban J connectivity index is 0.00000312. The van der Waals surface area contributed by atoms with Crippen LogP contribution in [0.15, 0.2) is 24.3 Å². The van der Waals surface area contributed by atoms with Crippen LogP contribution < -0.4 is 15.4 Å². The number of piperidine rings is 1. The van der Waals surface area contributed by atoms with Gasteiger partial charge >= 0.3 is 0 Å². The molecule has 0 radical (unpaired) electrons. The highest BCUT2D eigenvalue weighted by atomic mass is 35.5. The number of rotatable bonds is 7. The van der Waals surface area contributed by atoms with Crippen molar-refractivity contribution < 1.29 is 9.53 Å². The number of methoxy groups -OCH3 is 1. The maximum atomic E-state index is 12.6. The van der Waals surface area contributed by atoms with Crippen LogP contribution >= 0.6 is 12.4 Å². The van der Waals surface area contributed by atoms with Gasteiger partial charge in [0, 0.05) is 6.42 Å². The number of hydrogen-bond acceptors (Lipinski definition) is 3. The highest BCUT2D eigenvalue weighted by Crippen LogP contribution is 2.27. The molecule has 1 amide bonds. The van der Waals surface area contributed by atoms with Crippen molar-refractivity contribution >= 4 is 18.3 Å². The van der Waals surface area contributed by atoms with Crippen molar-refractivity contribution in [2.75, 3.05) is 20.2 Å². The molecule has 1 aliphatic heterocycles. The Morgan fingerprint density at radius 3 is 2.32 bits per heavy atom. The van der Waals surface area contributed by atoms with Crippen LogP contribution in [0.5, 0.6) is 5.75 Å². The molecular formula is C20H33ClN2O2. The maximum Gasteiger partial charge on any atom is 0.220 e. The third kappa shape index (κ3) is 6.52. The van der Waals surface area contributed by atoms with Crippen LogP contribution in [0.25, 0.3) is 0 Å². The number of benzene rings is 1. The van der Waals surface area contributed by atoms with Gasteiger partial charge in [-0.2, -0.15) is 0 Å². The average molecular weight is 369 g/mol. The van der Waals surface area contributed by atoms with Crippen LogP contribution in [0, 0.1) is 17.8 Å². The van der Waals surface area contributed by atoms with E-state index in [0.29, 0.717) is 24.2 Å². The van der Waals surface area contributed by atoms with E-state index in [4.69, 9.17) is 4.74 Å². The van der Waals surface area contributed by atoms with E-state index in [1.54, 1.807) is 7.11 Å². The van der Waals surface area contributed by atoms with Gasteiger partial charge in [0.2, 0.25) is 5.91 Å². The van der Waals surface area contributed by atoms with Crippen molar-refractivity contribution in [2.45, 2.75) is 46.1 Å². The van der Waals surface area contributed by atoms with E-state index in [-0.39, 0.29) is 24.4 Å². The van der Waals surface area contributed by atoms with Gasteiger partial charge in [0.25, 0.3) is 0 Å². The number of carbonyl (C=O) groups excluding carboxylic acids is 1. The summed E-state index contributed by atoms with van der Waals surface area (Å²) in [5, 5.41) is 6.63. The van der Waals surface area contributed by atoms with Crippen LogP contribution in [0.1, 0.15) is 51.6 Å². The second-order valence-corrected chi connectivity index (χ2v) is 7.33. The molecule has 4 nitrogen and oxygen atoms in total. The summed E-state index contributed by atoms with van der Waals surface area (Å²) in [6.07, 6.45) is 2.98. The molecule has 0 aliphatic carbocycles. The molecule has 2 rings (SSSR count). The molecule has 0 aromatic heterocycles. The zero-order valence-corrected chi connectivity index (χ0v) is 16.7. The molecule has 142 valence electrons. The van der Waals surface area contributed by atoms with Crippen LogP contribution in [-0.2, 0) is 4.79 Å². The largest absolute Gasteiger partial charge is 0.497 e. The first-order chi connectivity index (χ1) is 11.5. The van der Waals surface area contributed by atoms with Crippen molar-refractivity contribution in [3.05, 3.63) is 29.8 Å². The van der Waals surface area contributed by atoms with Gasteiger partial charge < -0.3 is 15.4 Å². The molecule has 25 heavy (non-hydrogen) atoms. The van der Waals surface area contributed by atoms with Gasteiger partial charge in [0.1, 0.15) is 5.75 Å². The summed E-state index contributed by atoms with van der Waals surface area (Å²) in [6, 6.07) is 8.03. The van der Waals surface area contributed by atoms with Gasteiger partial charge in [-0.25, -0.2) is 0 Å². The van der Waals surface area contributed by atoms with Crippen LogP contribution in [0.2, 0.25) is 0 Å². The van der Waals surface area contributed by atoms with Crippen molar-refractivity contribution in [1.29, 1.82) is 0 Å². The normalized spacial score (nSPS) is 17.5.